The van der Waals surface area contributed by atoms with Crippen molar-refractivity contribution in [3.63, 3.8) is 0 Å². The number of nitrogens with one attached hydrogen (secondary N) is 1. The highest BCUT2D eigenvalue weighted by Crippen LogP contribution is 2.32. The van der Waals surface area contributed by atoms with Crippen LogP contribution in [0, 0.1) is 0 Å². The first kappa shape index (κ1) is 16.2. The Morgan fingerprint density at radius 3 is 2.77 bits per heavy atom. The van der Waals surface area contributed by atoms with E-state index in [1.54, 1.807) is 25.4 Å². The van der Waals surface area contributed by atoms with Crippen molar-refractivity contribution in [2.24, 2.45) is 0 Å². The van der Waals surface area contributed by atoms with Crippen LogP contribution in [0.1, 0.15) is 10.4 Å². The maximum absolute atomic E-state index is 12.2. The molecule has 0 saturated carbocycles. The minimum Gasteiger partial charge on any atom is -0.496 e. The zero-order valence-corrected chi connectivity index (χ0v) is 14.7. The third kappa shape index (κ3) is 3.12. The quantitative estimate of drug-likeness (QED) is 0.593. The monoisotopic (exact) mass is 362 g/mol. The number of hydrogen-bond donors (Lipinski definition) is 1. The van der Waals surface area contributed by atoms with Gasteiger partial charge in [0.25, 0.3) is 5.91 Å². The first-order chi connectivity index (χ1) is 12.7. The Kier molecular flexibility index (Phi) is 4.28. The summed E-state index contributed by atoms with van der Waals surface area (Å²) in [7, 11) is 1.64. The molecule has 1 amide bonds. The van der Waals surface area contributed by atoms with Crippen LogP contribution in [0.5, 0.6) is 5.75 Å². The molecule has 3 aromatic heterocycles. The lowest BCUT2D eigenvalue weighted by Gasteiger charge is -2.06. The molecule has 0 saturated heterocycles. The summed E-state index contributed by atoms with van der Waals surface area (Å²) in [6.45, 7) is 0. The number of anilines is 1. The van der Waals surface area contributed by atoms with E-state index in [1.807, 2.05) is 36.4 Å². The third-order valence-corrected chi connectivity index (χ3v) is 4.66. The molecule has 1 aromatic carbocycles. The number of fused-ring (bicyclic) bond motifs is 1. The fraction of sp³-hybridized carbons (Fsp3) is 0.0526. The first-order valence-corrected chi connectivity index (χ1v) is 8.68. The summed E-state index contributed by atoms with van der Waals surface area (Å²) in [5.41, 5.74) is 2.92. The van der Waals surface area contributed by atoms with E-state index in [9.17, 15) is 4.79 Å². The second-order valence-corrected chi connectivity index (χ2v) is 6.41. The van der Waals surface area contributed by atoms with Crippen LogP contribution in [0.25, 0.3) is 21.6 Å². The fourth-order valence-electron chi connectivity index (χ4n) is 2.54. The van der Waals surface area contributed by atoms with E-state index >= 15 is 0 Å². The van der Waals surface area contributed by atoms with Crippen molar-refractivity contribution in [3.8, 4) is 17.0 Å². The lowest BCUT2D eigenvalue weighted by atomic mass is 10.1. The maximum atomic E-state index is 12.2. The largest absolute Gasteiger partial charge is 0.496 e. The van der Waals surface area contributed by atoms with E-state index < -0.39 is 0 Å². The van der Waals surface area contributed by atoms with Crippen molar-refractivity contribution >= 4 is 32.7 Å². The van der Waals surface area contributed by atoms with Gasteiger partial charge in [0.2, 0.25) is 0 Å². The number of ether oxygens (including phenoxy) is 1. The predicted octanol–water partition coefficient (Wildman–Crippen LogP) is 4.01. The highest BCUT2D eigenvalue weighted by Gasteiger charge is 2.13. The summed E-state index contributed by atoms with van der Waals surface area (Å²) in [5, 5.41) is 3.29. The second-order valence-electron chi connectivity index (χ2n) is 5.44. The molecule has 4 aromatic rings. The predicted molar refractivity (Wildman–Crippen MR) is 102 cm³/mol. The number of hydrogen-bond acceptors (Lipinski definition) is 6. The molecule has 0 aliphatic rings. The van der Waals surface area contributed by atoms with Crippen LogP contribution in [-0.2, 0) is 0 Å². The standard InChI is InChI=1S/C19H14N4O2S/c1-25-16-7-3-2-6-13(16)14-8-9-15-18(21-14)26-19(22-15)23-17(24)12-5-4-10-20-11-12/h2-11H,1H3,(H,22,23,24). The van der Waals surface area contributed by atoms with Crippen molar-refractivity contribution in [1.82, 2.24) is 15.0 Å². The molecular weight excluding hydrogens is 348 g/mol. The lowest BCUT2D eigenvalue weighted by Crippen LogP contribution is -2.11. The zero-order valence-electron chi connectivity index (χ0n) is 13.8. The Balaban J connectivity index is 1.65. The lowest BCUT2D eigenvalue weighted by molar-refractivity contribution is 0.102. The zero-order chi connectivity index (χ0) is 17.9. The van der Waals surface area contributed by atoms with Crippen LogP contribution in [0.4, 0.5) is 5.13 Å². The average Bonchev–Trinajstić information content (AvgIpc) is 3.10. The highest BCUT2D eigenvalue weighted by molar-refractivity contribution is 7.22. The minimum atomic E-state index is -0.248. The second kappa shape index (κ2) is 6.89. The van der Waals surface area contributed by atoms with Gasteiger partial charge in [0.1, 0.15) is 16.1 Å². The van der Waals surface area contributed by atoms with E-state index in [2.05, 4.69) is 20.3 Å². The molecule has 0 fully saturated rings. The van der Waals surface area contributed by atoms with Crippen LogP contribution in [-0.4, -0.2) is 28.0 Å². The van der Waals surface area contributed by atoms with Gasteiger partial charge in [0.05, 0.1) is 18.4 Å². The molecule has 0 bridgehead atoms. The smallest absolute Gasteiger partial charge is 0.259 e. The Morgan fingerprint density at radius 2 is 1.96 bits per heavy atom. The summed E-state index contributed by atoms with van der Waals surface area (Å²) in [6, 6.07) is 14.9. The molecule has 0 unspecified atom stereocenters. The third-order valence-electron chi connectivity index (χ3n) is 3.78. The number of carbonyl (C=O) groups excluding carboxylic acids is 1. The number of thiazole rings is 1. The van der Waals surface area contributed by atoms with Crippen molar-refractivity contribution < 1.29 is 9.53 Å². The molecule has 1 N–H and O–H groups in total. The van der Waals surface area contributed by atoms with Gasteiger partial charge in [-0.25, -0.2) is 9.97 Å². The van der Waals surface area contributed by atoms with Gasteiger partial charge in [-0.05, 0) is 36.4 Å². The summed E-state index contributed by atoms with van der Waals surface area (Å²) < 4.78 is 5.40. The summed E-state index contributed by atoms with van der Waals surface area (Å²) in [6.07, 6.45) is 3.14. The van der Waals surface area contributed by atoms with Gasteiger partial charge in [-0.2, -0.15) is 0 Å². The van der Waals surface area contributed by atoms with Gasteiger partial charge in [0, 0.05) is 18.0 Å². The molecule has 7 heteroatoms. The number of carbonyl (C=O) groups is 1. The fourth-order valence-corrected chi connectivity index (χ4v) is 3.38. The summed E-state index contributed by atoms with van der Waals surface area (Å²) >= 11 is 1.33. The average molecular weight is 362 g/mol. The van der Waals surface area contributed by atoms with Crippen molar-refractivity contribution in [1.29, 1.82) is 0 Å². The van der Waals surface area contributed by atoms with Crippen LogP contribution in [0.15, 0.2) is 60.9 Å². The number of para-hydroxylation sites is 1. The Hall–Kier alpha value is -3.32. The van der Waals surface area contributed by atoms with E-state index in [-0.39, 0.29) is 5.91 Å². The Morgan fingerprint density at radius 1 is 1.08 bits per heavy atom. The molecule has 0 aliphatic carbocycles. The van der Waals surface area contributed by atoms with E-state index in [0.717, 1.165) is 27.4 Å². The summed E-state index contributed by atoms with van der Waals surface area (Å²) in [5.74, 6) is 0.510. The molecule has 0 aliphatic heterocycles. The van der Waals surface area contributed by atoms with Crippen molar-refractivity contribution in [2.75, 3.05) is 12.4 Å². The number of benzene rings is 1. The van der Waals surface area contributed by atoms with Crippen LogP contribution in [0.2, 0.25) is 0 Å². The Labute approximate surface area is 153 Å². The van der Waals surface area contributed by atoms with E-state index in [4.69, 9.17) is 4.74 Å². The molecular formula is C19H14N4O2S. The SMILES string of the molecule is COc1ccccc1-c1ccc2nc(NC(=O)c3cccnc3)sc2n1. The van der Waals surface area contributed by atoms with Crippen LogP contribution >= 0.6 is 11.3 Å². The number of rotatable bonds is 4. The molecule has 4 rings (SSSR count). The van der Waals surface area contributed by atoms with Crippen LogP contribution < -0.4 is 10.1 Å². The van der Waals surface area contributed by atoms with Gasteiger partial charge in [-0.1, -0.05) is 23.5 Å². The number of pyridine rings is 2. The number of amides is 1. The molecule has 0 spiro atoms. The molecule has 0 atom stereocenters. The van der Waals surface area contributed by atoms with Crippen molar-refractivity contribution in [3.05, 3.63) is 66.5 Å². The van der Waals surface area contributed by atoms with Gasteiger partial charge < -0.3 is 4.74 Å². The van der Waals surface area contributed by atoms with Crippen LogP contribution in [0.3, 0.4) is 0 Å². The molecule has 0 radical (unpaired) electrons. The maximum Gasteiger partial charge on any atom is 0.259 e. The molecule has 3 heterocycles. The molecule has 128 valence electrons. The molecule has 6 nitrogen and oxygen atoms in total. The summed E-state index contributed by atoms with van der Waals surface area (Å²) in [4.78, 5) is 26.0. The topological polar surface area (TPSA) is 77.0 Å². The van der Waals surface area contributed by atoms with E-state index in [1.165, 1.54) is 17.5 Å². The minimum absolute atomic E-state index is 0.248. The normalized spacial score (nSPS) is 10.7. The first-order valence-electron chi connectivity index (χ1n) is 7.87. The van der Waals surface area contributed by atoms with Crippen molar-refractivity contribution in [2.45, 2.75) is 0 Å². The Bertz CT molecular complexity index is 1080. The van der Waals surface area contributed by atoms with Gasteiger partial charge in [-0.3, -0.25) is 15.1 Å². The number of methoxy groups -OCH3 is 1. The highest BCUT2D eigenvalue weighted by atomic mass is 32.1. The van der Waals surface area contributed by atoms with E-state index in [0.29, 0.717) is 10.7 Å². The number of aromatic nitrogens is 3. The molecule has 26 heavy (non-hydrogen) atoms. The van der Waals surface area contributed by atoms with Gasteiger partial charge in [-0.15, -0.1) is 0 Å². The van der Waals surface area contributed by atoms with Gasteiger partial charge in [0.15, 0.2) is 5.13 Å². The van der Waals surface area contributed by atoms with Gasteiger partial charge >= 0.3 is 0 Å². The number of nitrogens with zero attached hydrogens (tertiary/aromatic N) is 3.